The molecule has 1 aromatic carbocycles. The molecule has 1 aliphatic carbocycles. The lowest BCUT2D eigenvalue weighted by atomic mass is 9.80. The minimum Gasteiger partial charge on any atom is -0.594 e. The van der Waals surface area contributed by atoms with Gasteiger partial charge in [-0.2, -0.15) is 5.10 Å². The molecular weight excluding hydrogens is 363 g/mol. The Balaban J connectivity index is 0.00000225. The highest BCUT2D eigenvalue weighted by Crippen LogP contribution is 2.35. The van der Waals surface area contributed by atoms with Crippen molar-refractivity contribution in [2.45, 2.75) is 25.7 Å². The molecule has 25 heavy (non-hydrogen) atoms. The average Bonchev–Trinajstić information content (AvgIpc) is 2.52. The molecule has 1 aromatic heterocycles. The van der Waals surface area contributed by atoms with Crippen LogP contribution in [0.2, 0.25) is 5.02 Å². The summed E-state index contributed by atoms with van der Waals surface area (Å²) in [4.78, 5) is 0.569. The van der Waals surface area contributed by atoms with Crippen LogP contribution in [0.15, 0.2) is 35.6 Å². The molecule has 0 bridgehead atoms. The first kappa shape index (κ1) is 19.0. The van der Waals surface area contributed by atoms with Gasteiger partial charge in [0.15, 0.2) is 0 Å². The maximum absolute atomic E-state index is 11.7. The number of guanidine groups is 1. The zero-order valence-corrected chi connectivity index (χ0v) is 15.1. The van der Waals surface area contributed by atoms with Gasteiger partial charge >= 0.3 is 0 Å². The minimum atomic E-state index is -0.246. The Morgan fingerprint density at radius 3 is 2.84 bits per heavy atom. The molecule has 7 nitrogen and oxygen atoms in total. The van der Waals surface area contributed by atoms with E-state index >= 15 is 0 Å². The highest BCUT2D eigenvalue weighted by molar-refractivity contribution is 6.31. The number of rotatable bonds is 2. The molecule has 0 amide bonds. The van der Waals surface area contributed by atoms with Crippen molar-refractivity contribution in [2.24, 2.45) is 10.8 Å². The third kappa shape index (κ3) is 4.00. The van der Waals surface area contributed by atoms with Gasteiger partial charge in [-0.25, -0.2) is 5.43 Å². The number of nitrogens with two attached hydrogens (primary N) is 1. The molecule has 0 fully saturated rings. The Hall–Kier alpha value is -2.38. The molecule has 9 heteroatoms. The summed E-state index contributed by atoms with van der Waals surface area (Å²) in [5.74, 6) is -0.197. The molecule has 3 rings (SSSR count). The fourth-order valence-corrected chi connectivity index (χ4v) is 3.38. The number of benzene rings is 1. The largest absolute Gasteiger partial charge is 0.594 e. The van der Waals surface area contributed by atoms with Gasteiger partial charge in [-0.15, -0.1) is 12.4 Å². The van der Waals surface area contributed by atoms with Crippen LogP contribution in [0, 0.1) is 17.5 Å². The Bertz CT molecular complexity index is 839. The van der Waals surface area contributed by atoms with Crippen molar-refractivity contribution < 1.29 is 4.85 Å². The fourth-order valence-electron chi connectivity index (χ4n) is 3.09. The number of halogens is 2. The summed E-state index contributed by atoms with van der Waals surface area (Å²) in [5, 5.41) is 28.0. The predicted octanol–water partition coefficient (Wildman–Crippen LogP) is 2.02. The molecule has 0 saturated carbocycles. The topological polar surface area (TPSA) is 114 Å². The first-order valence-corrected chi connectivity index (χ1v) is 7.85. The van der Waals surface area contributed by atoms with E-state index in [-0.39, 0.29) is 24.3 Å². The van der Waals surface area contributed by atoms with E-state index in [2.05, 4.69) is 15.6 Å². The smallest absolute Gasteiger partial charge is 0.213 e. The van der Waals surface area contributed by atoms with Crippen molar-refractivity contribution in [1.82, 2.24) is 10.5 Å². The molecule has 1 heterocycles. The quantitative estimate of drug-likeness (QED) is 0.243. The Kier molecular flexibility index (Phi) is 5.81. The highest BCUT2D eigenvalue weighted by Gasteiger charge is 2.30. The SMILES string of the molecule is Cc1c[n+]([O-])nc2c1/C(=N/NC(=N)N)CC(c1ccccc1Cl)C2.Cl. The van der Waals surface area contributed by atoms with E-state index in [4.69, 9.17) is 22.7 Å². The fraction of sp³-hybridized carbons (Fsp3) is 0.250. The van der Waals surface area contributed by atoms with Crippen LogP contribution in [-0.2, 0) is 6.42 Å². The summed E-state index contributed by atoms with van der Waals surface area (Å²) in [7, 11) is 0. The third-order valence-corrected chi connectivity index (χ3v) is 4.37. The molecule has 0 aliphatic heterocycles. The number of aromatic nitrogens is 2. The first-order chi connectivity index (χ1) is 11.5. The maximum Gasteiger partial charge on any atom is 0.213 e. The van der Waals surface area contributed by atoms with E-state index in [1.165, 1.54) is 6.20 Å². The van der Waals surface area contributed by atoms with Gasteiger partial charge in [-0.1, -0.05) is 34.6 Å². The lowest BCUT2D eigenvalue weighted by Crippen LogP contribution is -2.37. The van der Waals surface area contributed by atoms with Crippen molar-refractivity contribution in [3.63, 3.8) is 0 Å². The van der Waals surface area contributed by atoms with Gasteiger partial charge in [0.05, 0.1) is 5.71 Å². The lowest BCUT2D eigenvalue weighted by molar-refractivity contribution is -0.670. The van der Waals surface area contributed by atoms with E-state index < -0.39 is 0 Å². The highest BCUT2D eigenvalue weighted by atomic mass is 35.5. The number of nitrogens with one attached hydrogen (secondary N) is 2. The predicted molar refractivity (Wildman–Crippen MR) is 99.3 cm³/mol. The number of fused-ring (bicyclic) bond motifs is 1. The van der Waals surface area contributed by atoms with E-state index in [0.29, 0.717) is 34.1 Å². The zero-order valence-electron chi connectivity index (χ0n) is 13.5. The second kappa shape index (κ2) is 7.67. The Morgan fingerprint density at radius 2 is 2.16 bits per heavy atom. The summed E-state index contributed by atoms with van der Waals surface area (Å²) < 4.78 is 0. The van der Waals surface area contributed by atoms with Crippen molar-refractivity contribution in [1.29, 1.82) is 5.41 Å². The van der Waals surface area contributed by atoms with Crippen LogP contribution in [0.25, 0.3) is 0 Å². The Morgan fingerprint density at radius 1 is 1.44 bits per heavy atom. The number of nitrogens with zero attached hydrogens (tertiary/aromatic N) is 3. The van der Waals surface area contributed by atoms with Crippen LogP contribution in [0.4, 0.5) is 0 Å². The van der Waals surface area contributed by atoms with Gasteiger partial charge in [0.25, 0.3) is 0 Å². The molecule has 1 unspecified atom stereocenters. The maximum atomic E-state index is 11.7. The number of hydrazone groups is 1. The van der Waals surface area contributed by atoms with E-state index in [1.807, 2.05) is 31.2 Å². The van der Waals surface area contributed by atoms with Crippen molar-refractivity contribution in [3.8, 4) is 0 Å². The van der Waals surface area contributed by atoms with Crippen LogP contribution in [0.3, 0.4) is 0 Å². The van der Waals surface area contributed by atoms with Crippen LogP contribution in [0.1, 0.15) is 34.7 Å². The van der Waals surface area contributed by atoms with E-state index in [9.17, 15) is 5.21 Å². The first-order valence-electron chi connectivity index (χ1n) is 7.47. The second-order valence-corrected chi connectivity index (χ2v) is 6.15. The van der Waals surface area contributed by atoms with Gasteiger partial charge in [-0.05, 0) is 30.9 Å². The summed E-state index contributed by atoms with van der Waals surface area (Å²) in [6, 6.07) is 7.62. The van der Waals surface area contributed by atoms with Crippen LogP contribution in [-0.4, -0.2) is 16.8 Å². The minimum absolute atomic E-state index is 0. The zero-order chi connectivity index (χ0) is 17.3. The third-order valence-electron chi connectivity index (χ3n) is 4.03. The van der Waals surface area contributed by atoms with Crippen LogP contribution < -0.4 is 16.0 Å². The molecule has 1 atom stereocenters. The standard InChI is InChI=1S/C16H17ClN6O.ClH/c1-9-8-23(24)22-14-7-10(11-4-2-3-5-12(11)17)6-13(15(9)14)20-21-16(18)19;/h2-5,8,10H,6-7H2,1H3,(H4,18,19,21);1H/b20-13+;. The number of aryl methyl sites for hydroxylation is 1. The molecule has 0 radical (unpaired) electrons. The molecular formula is C16H18Cl2N6O. The van der Waals surface area contributed by atoms with E-state index in [1.54, 1.807) is 0 Å². The van der Waals surface area contributed by atoms with Gasteiger partial charge < -0.3 is 10.9 Å². The van der Waals surface area contributed by atoms with Crippen molar-refractivity contribution >= 4 is 35.7 Å². The molecule has 0 saturated heterocycles. The lowest BCUT2D eigenvalue weighted by Gasteiger charge is -2.26. The molecule has 1 aliphatic rings. The molecule has 0 spiro atoms. The van der Waals surface area contributed by atoms with Gasteiger partial charge in [0.2, 0.25) is 12.2 Å². The van der Waals surface area contributed by atoms with E-state index in [0.717, 1.165) is 16.7 Å². The average molecular weight is 381 g/mol. The van der Waals surface area contributed by atoms with Crippen LogP contribution in [0.5, 0.6) is 0 Å². The summed E-state index contributed by atoms with van der Waals surface area (Å²) in [5.41, 5.74) is 11.8. The van der Waals surface area contributed by atoms with Crippen molar-refractivity contribution in [3.05, 3.63) is 63.1 Å². The van der Waals surface area contributed by atoms with Gasteiger partial charge in [0, 0.05) is 27.7 Å². The molecule has 132 valence electrons. The number of hydrogen-bond donors (Lipinski definition) is 3. The van der Waals surface area contributed by atoms with Gasteiger partial charge in [-0.3, -0.25) is 5.41 Å². The van der Waals surface area contributed by atoms with Crippen LogP contribution >= 0.6 is 24.0 Å². The summed E-state index contributed by atoms with van der Waals surface area (Å²) in [6.07, 6.45) is 2.63. The Labute approximate surface area is 156 Å². The normalized spacial score (nSPS) is 17.5. The summed E-state index contributed by atoms with van der Waals surface area (Å²) >= 11 is 6.33. The molecule has 4 N–H and O–H groups in total. The molecule has 2 aromatic rings. The number of hydrogen-bond acceptors (Lipinski definition) is 4. The monoisotopic (exact) mass is 380 g/mol. The van der Waals surface area contributed by atoms with Gasteiger partial charge in [0.1, 0.15) is 5.69 Å². The van der Waals surface area contributed by atoms with Crippen molar-refractivity contribution in [2.75, 3.05) is 0 Å². The summed E-state index contributed by atoms with van der Waals surface area (Å²) in [6.45, 7) is 1.84. The second-order valence-electron chi connectivity index (χ2n) is 5.75.